The summed E-state index contributed by atoms with van der Waals surface area (Å²) in [6.07, 6.45) is 5.07. The molecule has 0 fully saturated rings. The predicted molar refractivity (Wildman–Crippen MR) is 72.9 cm³/mol. The van der Waals surface area contributed by atoms with Crippen LogP contribution >= 0.6 is 0 Å². The minimum absolute atomic E-state index is 0.115. The largest absolute Gasteiger partial charge is 0.385 e. The molecule has 2 aromatic heterocycles. The van der Waals surface area contributed by atoms with E-state index in [1.165, 1.54) is 0 Å². The first-order chi connectivity index (χ1) is 9.20. The van der Waals surface area contributed by atoms with Gasteiger partial charge in [-0.3, -0.25) is 14.9 Å². The van der Waals surface area contributed by atoms with Crippen LogP contribution in [0.15, 0.2) is 30.7 Å². The van der Waals surface area contributed by atoms with Crippen LogP contribution in [0.3, 0.4) is 0 Å². The van der Waals surface area contributed by atoms with E-state index in [-0.39, 0.29) is 11.9 Å². The Morgan fingerprint density at radius 3 is 3.05 bits per heavy atom. The van der Waals surface area contributed by atoms with Gasteiger partial charge in [0.25, 0.3) is 5.91 Å². The van der Waals surface area contributed by atoms with Crippen molar-refractivity contribution in [1.29, 1.82) is 0 Å². The number of pyridine rings is 1. The highest BCUT2D eigenvalue weighted by Crippen LogP contribution is 2.12. The van der Waals surface area contributed by atoms with Gasteiger partial charge in [0.2, 0.25) is 0 Å². The summed E-state index contributed by atoms with van der Waals surface area (Å²) in [7, 11) is 0. The lowest BCUT2D eigenvalue weighted by Gasteiger charge is -2.12. The highest BCUT2D eigenvalue weighted by atomic mass is 16.1. The molecule has 19 heavy (non-hydrogen) atoms. The standard InChI is InChI=1S/C13H17N5O/c1-3-14-11-4-5-15-12(6-11)13(19)18-9(2)10-7-16-17-8-10/h4-9H,3H2,1-2H3,(H,14,15)(H,16,17)(H,18,19). The maximum absolute atomic E-state index is 12.1. The van der Waals surface area contributed by atoms with E-state index in [1.807, 2.05) is 19.9 Å². The molecule has 0 radical (unpaired) electrons. The van der Waals surface area contributed by atoms with Gasteiger partial charge in [0, 0.05) is 30.2 Å². The number of H-pyrrole nitrogens is 1. The number of rotatable bonds is 5. The van der Waals surface area contributed by atoms with Crippen molar-refractivity contribution in [3.05, 3.63) is 42.0 Å². The third kappa shape index (κ3) is 3.31. The van der Waals surface area contributed by atoms with Gasteiger partial charge >= 0.3 is 0 Å². The SMILES string of the molecule is CCNc1ccnc(C(=O)NC(C)c2cn[nH]c2)c1. The fourth-order valence-corrected chi connectivity index (χ4v) is 1.72. The number of hydrogen-bond acceptors (Lipinski definition) is 4. The maximum atomic E-state index is 12.1. The summed E-state index contributed by atoms with van der Waals surface area (Å²) in [5, 5.41) is 12.6. The number of aromatic nitrogens is 3. The summed E-state index contributed by atoms with van der Waals surface area (Å²) in [6.45, 7) is 4.70. The molecule has 100 valence electrons. The third-order valence-corrected chi connectivity index (χ3v) is 2.74. The summed E-state index contributed by atoms with van der Waals surface area (Å²) in [4.78, 5) is 16.2. The quantitative estimate of drug-likeness (QED) is 0.763. The Hall–Kier alpha value is -2.37. The monoisotopic (exact) mass is 259 g/mol. The van der Waals surface area contributed by atoms with Crippen molar-refractivity contribution in [2.24, 2.45) is 0 Å². The zero-order valence-electron chi connectivity index (χ0n) is 11.0. The van der Waals surface area contributed by atoms with Crippen LogP contribution in [0.4, 0.5) is 5.69 Å². The van der Waals surface area contributed by atoms with E-state index in [2.05, 4.69) is 25.8 Å². The lowest BCUT2D eigenvalue weighted by molar-refractivity contribution is 0.0935. The summed E-state index contributed by atoms with van der Waals surface area (Å²) in [5.41, 5.74) is 2.21. The van der Waals surface area contributed by atoms with E-state index >= 15 is 0 Å². The van der Waals surface area contributed by atoms with Crippen LogP contribution in [0.5, 0.6) is 0 Å². The number of hydrogen-bond donors (Lipinski definition) is 3. The summed E-state index contributed by atoms with van der Waals surface area (Å²) in [5.74, 6) is -0.201. The van der Waals surface area contributed by atoms with Crippen LogP contribution in [-0.2, 0) is 0 Å². The second-order valence-corrected chi connectivity index (χ2v) is 4.19. The molecule has 2 heterocycles. The highest BCUT2D eigenvalue weighted by molar-refractivity contribution is 5.93. The first-order valence-corrected chi connectivity index (χ1v) is 6.20. The average Bonchev–Trinajstić information content (AvgIpc) is 2.93. The van der Waals surface area contributed by atoms with Gasteiger partial charge in [-0.15, -0.1) is 0 Å². The maximum Gasteiger partial charge on any atom is 0.270 e. The van der Waals surface area contributed by atoms with Crippen LogP contribution in [-0.4, -0.2) is 27.6 Å². The van der Waals surface area contributed by atoms with Gasteiger partial charge in [0.15, 0.2) is 0 Å². The molecule has 1 amide bonds. The van der Waals surface area contributed by atoms with Crippen LogP contribution in [0.2, 0.25) is 0 Å². The van der Waals surface area contributed by atoms with E-state index in [1.54, 1.807) is 24.7 Å². The number of aromatic amines is 1. The number of anilines is 1. The van der Waals surface area contributed by atoms with Gasteiger partial charge in [-0.1, -0.05) is 0 Å². The van der Waals surface area contributed by atoms with E-state index in [9.17, 15) is 4.79 Å². The molecule has 2 aromatic rings. The molecule has 0 aliphatic heterocycles. The molecule has 1 atom stereocenters. The van der Waals surface area contributed by atoms with Gasteiger partial charge in [0.1, 0.15) is 5.69 Å². The fourth-order valence-electron chi connectivity index (χ4n) is 1.72. The van der Waals surface area contributed by atoms with E-state index in [0.717, 1.165) is 17.8 Å². The third-order valence-electron chi connectivity index (χ3n) is 2.74. The molecule has 6 heteroatoms. The van der Waals surface area contributed by atoms with Crippen molar-refractivity contribution in [1.82, 2.24) is 20.5 Å². The van der Waals surface area contributed by atoms with Gasteiger partial charge in [-0.05, 0) is 26.0 Å². The van der Waals surface area contributed by atoms with Crippen LogP contribution in [0, 0.1) is 0 Å². The number of carbonyl (C=O) groups is 1. The first-order valence-electron chi connectivity index (χ1n) is 6.20. The van der Waals surface area contributed by atoms with Gasteiger partial charge in [-0.25, -0.2) is 0 Å². The Morgan fingerprint density at radius 1 is 1.53 bits per heavy atom. The molecule has 0 saturated carbocycles. The fraction of sp³-hybridized carbons (Fsp3) is 0.308. The molecule has 0 saturated heterocycles. The summed E-state index contributed by atoms with van der Waals surface area (Å²) >= 11 is 0. The van der Waals surface area contributed by atoms with Crippen molar-refractivity contribution in [2.45, 2.75) is 19.9 Å². The molecule has 0 bridgehead atoms. The normalized spacial score (nSPS) is 11.9. The molecule has 2 rings (SSSR count). The topological polar surface area (TPSA) is 82.7 Å². The van der Waals surface area contributed by atoms with Crippen LogP contribution in [0.1, 0.15) is 35.9 Å². The molecule has 0 aliphatic rings. The summed E-state index contributed by atoms with van der Waals surface area (Å²) < 4.78 is 0. The predicted octanol–water partition coefficient (Wildman–Crippen LogP) is 1.73. The van der Waals surface area contributed by atoms with E-state index < -0.39 is 0 Å². The molecular formula is C13H17N5O. The second kappa shape index (κ2) is 5.99. The average molecular weight is 259 g/mol. The molecule has 3 N–H and O–H groups in total. The molecule has 1 unspecified atom stereocenters. The lowest BCUT2D eigenvalue weighted by atomic mass is 10.2. The molecule has 0 aliphatic carbocycles. The van der Waals surface area contributed by atoms with Crippen molar-refractivity contribution in [3.8, 4) is 0 Å². The van der Waals surface area contributed by atoms with E-state index in [4.69, 9.17) is 0 Å². The number of amides is 1. The van der Waals surface area contributed by atoms with Crippen molar-refractivity contribution in [2.75, 3.05) is 11.9 Å². The smallest absolute Gasteiger partial charge is 0.270 e. The Bertz CT molecular complexity index is 538. The van der Waals surface area contributed by atoms with Crippen LogP contribution in [0.25, 0.3) is 0 Å². The minimum Gasteiger partial charge on any atom is -0.385 e. The molecule has 0 spiro atoms. The highest BCUT2D eigenvalue weighted by Gasteiger charge is 2.13. The summed E-state index contributed by atoms with van der Waals surface area (Å²) in [6, 6.07) is 3.46. The van der Waals surface area contributed by atoms with Crippen molar-refractivity contribution >= 4 is 11.6 Å². The molecule has 0 aromatic carbocycles. The van der Waals surface area contributed by atoms with Gasteiger partial charge in [-0.2, -0.15) is 5.10 Å². The number of nitrogens with one attached hydrogen (secondary N) is 3. The molecular weight excluding hydrogens is 242 g/mol. The zero-order chi connectivity index (χ0) is 13.7. The lowest BCUT2D eigenvalue weighted by Crippen LogP contribution is -2.27. The van der Waals surface area contributed by atoms with Gasteiger partial charge in [0.05, 0.1) is 12.2 Å². The van der Waals surface area contributed by atoms with E-state index in [0.29, 0.717) is 5.69 Å². The Labute approximate surface area is 111 Å². The van der Waals surface area contributed by atoms with Crippen molar-refractivity contribution < 1.29 is 4.79 Å². The zero-order valence-corrected chi connectivity index (χ0v) is 11.0. The Morgan fingerprint density at radius 2 is 2.37 bits per heavy atom. The Balaban J connectivity index is 2.05. The van der Waals surface area contributed by atoms with Crippen molar-refractivity contribution in [3.63, 3.8) is 0 Å². The second-order valence-electron chi connectivity index (χ2n) is 4.19. The first kappa shape index (κ1) is 13.1. The number of nitrogens with zero attached hydrogens (tertiary/aromatic N) is 2. The molecule has 6 nitrogen and oxygen atoms in total. The minimum atomic E-state index is -0.201. The number of carbonyl (C=O) groups excluding carboxylic acids is 1. The Kier molecular flexibility index (Phi) is 4.12. The van der Waals surface area contributed by atoms with Crippen LogP contribution < -0.4 is 10.6 Å². The van der Waals surface area contributed by atoms with Gasteiger partial charge < -0.3 is 10.6 Å².